The Labute approximate surface area is 112 Å². The van der Waals surface area contributed by atoms with Crippen LogP contribution >= 0.6 is 0 Å². The molecule has 1 aromatic carbocycles. The minimum atomic E-state index is -0.676. The predicted molar refractivity (Wildman–Crippen MR) is 67.7 cm³/mol. The molecule has 2 rings (SSSR count). The Morgan fingerprint density at radius 3 is 2.80 bits per heavy atom. The molecule has 0 atom stereocenters. The van der Waals surface area contributed by atoms with Gasteiger partial charge in [-0.15, -0.1) is 0 Å². The summed E-state index contributed by atoms with van der Waals surface area (Å²) in [6, 6.07) is 4.23. The van der Waals surface area contributed by atoms with E-state index in [0.29, 0.717) is 5.82 Å². The zero-order valence-electron chi connectivity index (χ0n) is 10.3. The molecule has 2 aromatic rings. The van der Waals surface area contributed by atoms with E-state index in [4.69, 9.17) is 10.6 Å². The number of nitro groups is 1. The number of nitrogens with zero attached hydrogens (tertiary/aromatic N) is 3. The van der Waals surface area contributed by atoms with E-state index >= 15 is 0 Å². The highest BCUT2D eigenvalue weighted by molar-refractivity contribution is 5.48. The number of nitrogens with two attached hydrogens (primary N) is 1. The molecule has 0 aliphatic carbocycles. The summed E-state index contributed by atoms with van der Waals surface area (Å²) in [6.45, 7) is 1.59. The van der Waals surface area contributed by atoms with Gasteiger partial charge in [-0.3, -0.25) is 10.1 Å². The third-order valence-electron chi connectivity index (χ3n) is 2.30. The summed E-state index contributed by atoms with van der Waals surface area (Å²) in [7, 11) is 0. The largest absolute Gasteiger partial charge is 0.431 e. The molecule has 0 radical (unpaired) electrons. The summed E-state index contributed by atoms with van der Waals surface area (Å²) >= 11 is 0. The summed E-state index contributed by atoms with van der Waals surface area (Å²) in [6.07, 6.45) is 0. The summed E-state index contributed by atoms with van der Waals surface area (Å²) in [5, 5.41) is 10.9. The lowest BCUT2D eigenvalue weighted by Gasteiger charge is -2.07. The van der Waals surface area contributed by atoms with Gasteiger partial charge in [-0.1, -0.05) is 0 Å². The molecule has 0 aliphatic heterocycles. The Morgan fingerprint density at radius 1 is 1.40 bits per heavy atom. The van der Waals surface area contributed by atoms with Gasteiger partial charge in [-0.2, -0.15) is 4.98 Å². The van der Waals surface area contributed by atoms with Crippen LogP contribution in [0.2, 0.25) is 0 Å². The minimum Gasteiger partial charge on any atom is -0.431 e. The van der Waals surface area contributed by atoms with E-state index < -0.39 is 10.7 Å². The molecule has 104 valence electrons. The molecule has 0 saturated carbocycles. The number of nitrogen functional groups attached to an aromatic ring is 1. The molecule has 8 nitrogen and oxygen atoms in total. The first-order valence-corrected chi connectivity index (χ1v) is 5.43. The first-order chi connectivity index (χ1) is 9.49. The van der Waals surface area contributed by atoms with Gasteiger partial charge in [0, 0.05) is 18.2 Å². The lowest BCUT2D eigenvalue weighted by Crippen LogP contribution is -2.10. The predicted octanol–water partition coefficient (Wildman–Crippen LogP) is 1.91. The minimum absolute atomic E-state index is 0.0131. The lowest BCUT2D eigenvalue weighted by molar-refractivity contribution is -0.385. The Bertz CT molecular complexity index is 665. The highest BCUT2D eigenvalue weighted by atomic mass is 19.1. The van der Waals surface area contributed by atoms with Crippen LogP contribution in [-0.2, 0) is 0 Å². The van der Waals surface area contributed by atoms with Crippen LogP contribution in [-0.4, -0.2) is 14.9 Å². The van der Waals surface area contributed by atoms with Crippen LogP contribution in [0.25, 0.3) is 0 Å². The van der Waals surface area contributed by atoms with Crippen LogP contribution in [0.3, 0.4) is 0 Å². The zero-order chi connectivity index (χ0) is 14.7. The van der Waals surface area contributed by atoms with Crippen molar-refractivity contribution in [3.05, 3.63) is 46.0 Å². The van der Waals surface area contributed by atoms with Crippen molar-refractivity contribution in [2.75, 3.05) is 5.43 Å². The molecule has 0 fully saturated rings. The van der Waals surface area contributed by atoms with E-state index in [-0.39, 0.29) is 23.1 Å². The number of hydrogen-bond acceptors (Lipinski definition) is 7. The number of benzene rings is 1. The topological polar surface area (TPSA) is 116 Å². The first kappa shape index (κ1) is 13.6. The SMILES string of the molecule is Cc1nc(NN)cc(Oc2cc(F)ccc2[N+](=O)[O-])n1. The fourth-order valence-electron chi connectivity index (χ4n) is 1.50. The second-order valence-corrected chi connectivity index (χ2v) is 3.75. The molecule has 1 heterocycles. The van der Waals surface area contributed by atoms with Gasteiger partial charge in [0.05, 0.1) is 4.92 Å². The number of hydrazine groups is 1. The smallest absolute Gasteiger partial charge is 0.311 e. The number of ether oxygens (including phenoxy) is 1. The van der Waals surface area contributed by atoms with Crippen LogP contribution in [0.15, 0.2) is 24.3 Å². The Hall–Kier alpha value is -2.81. The average Bonchev–Trinajstić information content (AvgIpc) is 2.37. The average molecular weight is 279 g/mol. The third-order valence-corrected chi connectivity index (χ3v) is 2.30. The van der Waals surface area contributed by atoms with Crippen LogP contribution < -0.4 is 16.0 Å². The molecule has 20 heavy (non-hydrogen) atoms. The fraction of sp³-hybridized carbons (Fsp3) is 0.0909. The molecule has 3 N–H and O–H groups in total. The maximum absolute atomic E-state index is 13.2. The van der Waals surface area contributed by atoms with Gasteiger partial charge in [-0.05, 0) is 13.0 Å². The van der Waals surface area contributed by atoms with Crippen LogP contribution in [0.5, 0.6) is 11.6 Å². The second kappa shape index (κ2) is 5.45. The van der Waals surface area contributed by atoms with E-state index in [1.807, 2.05) is 0 Å². The number of rotatable bonds is 4. The van der Waals surface area contributed by atoms with Gasteiger partial charge in [0.25, 0.3) is 0 Å². The van der Waals surface area contributed by atoms with Crippen molar-refractivity contribution in [1.82, 2.24) is 9.97 Å². The standard InChI is InChI=1S/C11H10FN5O3/c1-6-14-10(16-13)5-11(15-6)20-9-4-7(12)2-3-8(9)17(18)19/h2-5H,13H2,1H3,(H,14,15,16). The Morgan fingerprint density at radius 2 is 2.15 bits per heavy atom. The van der Waals surface area contributed by atoms with E-state index in [2.05, 4.69) is 15.4 Å². The van der Waals surface area contributed by atoms with Crippen molar-refractivity contribution in [1.29, 1.82) is 0 Å². The quantitative estimate of drug-likeness (QED) is 0.498. The first-order valence-electron chi connectivity index (χ1n) is 5.43. The summed E-state index contributed by atoms with van der Waals surface area (Å²) in [4.78, 5) is 18.0. The molecule has 0 amide bonds. The molecule has 0 aliphatic rings. The number of nitrogens with one attached hydrogen (secondary N) is 1. The number of halogens is 1. The summed E-state index contributed by atoms with van der Waals surface area (Å²) < 4.78 is 18.4. The monoisotopic (exact) mass is 279 g/mol. The number of nitro benzene ring substituents is 1. The van der Waals surface area contributed by atoms with Crippen LogP contribution in [0.4, 0.5) is 15.9 Å². The highest BCUT2D eigenvalue weighted by Crippen LogP contribution is 2.31. The number of aryl methyl sites for hydroxylation is 1. The molecular formula is C11H10FN5O3. The molecule has 0 spiro atoms. The molecule has 9 heteroatoms. The van der Waals surface area contributed by atoms with Gasteiger partial charge >= 0.3 is 5.69 Å². The van der Waals surface area contributed by atoms with E-state index in [1.54, 1.807) is 6.92 Å². The van der Waals surface area contributed by atoms with Gasteiger partial charge < -0.3 is 10.2 Å². The zero-order valence-corrected chi connectivity index (χ0v) is 10.3. The van der Waals surface area contributed by atoms with Gasteiger partial charge in [-0.25, -0.2) is 15.2 Å². The Balaban J connectivity index is 2.41. The number of aromatic nitrogens is 2. The van der Waals surface area contributed by atoms with E-state index in [0.717, 1.165) is 18.2 Å². The van der Waals surface area contributed by atoms with Gasteiger partial charge in [0.15, 0.2) is 0 Å². The van der Waals surface area contributed by atoms with Crippen molar-refractivity contribution in [2.45, 2.75) is 6.92 Å². The fourth-order valence-corrected chi connectivity index (χ4v) is 1.50. The summed E-state index contributed by atoms with van der Waals surface area (Å²) in [5.41, 5.74) is 1.93. The molecule has 0 saturated heterocycles. The van der Waals surface area contributed by atoms with Crippen LogP contribution in [0, 0.1) is 22.9 Å². The maximum Gasteiger partial charge on any atom is 0.311 e. The molecule has 1 aromatic heterocycles. The van der Waals surface area contributed by atoms with Gasteiger partial charge in [0.1, 0.15) is 17.5 Å². The molecule has 0 bridgehead atoms. The normalized spacial score (nSPS) is 10.2. The van der Waals surface area contributed by atoms with E-state index in [1.165, 1.54) is 6.07 Å². The van der Waals surface area contributed by atoms with Crippen molar-refractivity contribution >= 4 is 11.5 Å². The third kappa shape index (κ3) is 2.95. The van der Waals surface area contributed by atoms with Crippen molar-refractivity contribution in [2.24, 2.45) is 5.84 Å². The van der Waals surface area contributed by atoms with Crippen LogP contribution in [0.1, 0.15) is 5.82 Å². The summed E-state index contributed by atoms with van der Waals surface area (Å²) in [5.74, 6) is 4.93. The maximum atomic E-state index is 13.2. The molecule has 0 unspecified atom stereocenters. The highest BCUT2D eigenvalue weighted by Gasteiger charge is 2.17. The Kier molecular flexibility index (Phi) is 3.71. The van der Waals surface area contributed by atoms with E-state index in [9.17, 15) is 14.5 Å². The molecular weight excluding hydrogens is 269 g/mol. The second-order valence-electron chi connectivity index (χ2n) is 3.75. The number of hydrogen-bond donors (Lipinski definition) is 2. The van der Waals surface area contributed by atoms with Crippen molar-refractivity contribution in [3.8, 4) is 11.6 Å². The number of anilines is 1. The van der Waals surface area contributed by atoms with Crippen molar-refractivity contribution < 1.29 is 14.1 Å². The lowest BCUT2D eigenvalue weighted by atomic mass is 10.3. The van der Waals surface area contributed by atoms with Gasteiger partial charge in [0.2, 0.25) is 11.6 Å². The van der Waals surface area contributed by atoms with Crippen molar-refractivity contribution in [3.63, 3.8) is 0 Å².